The van der Waals surface area contributed by atoms with Gasteiger partial charge in [-0.3, -0.25) is 19.1 Å². The van der Waals surface area contributed by atoms with Crippen molar-refractivity contribution in [3.63, 3.8) is 0 Å². The number of aromatic nitrogens is 3. The van der Waals surface area contributed by atoms with Crippen LogP contribution in [-0.4, -0.2) is 32.5 Å². The second-order valence-electron chi connectivity index (χ2n) is 8.89. The third-order valence-electron chi connectivity index (χ3n) is 6.47. The summed E-state index contributed by atoms with van der Waals surface area (Å²) < 4.78 is 1.70. The van der Waals surface area contributed by atoms with E-state index in [1.54, 1.807) is 41.1 Å². The number of aryl methyl sites for hydroxylation is 2. The van der Waals surface area contributed by atoms with Gasteiger partial charge in [0.25, 0.3) is 17.7 Å². The quantitative estimate of drug-likeness (QED) is 0.416. The van der Waals surface area contributed by atoms with E-state index in [1.165, 1.54) is 6.07 Å². The number of carbonyl (C=O) groups is 3. The van der Waals surface area contributed by atoms with Crippen molar-refractivity contribution >= 4 is 51.7 Å². The Morgan fingerprint density at radius 1 is 1.06 bits per heavy atom. The summed E-state index contributed by atoms with van der Waals surface area (Å²) >= 11 is 6.49. The Balaban J connectivity index is 1.32. The van der Waals surface area contributed by atoms with Gasteiger partial charge < -0.3 is 5.32 Å². The molecule has 8 nitrogen and oxygen atoms in total. The van der Waals surface area contributed by atoms with Crippen LogP contribution in [0.1, 0.15) is 61.2 Å². The molecular weight excluding hydrogens is 466 g/mol. The van der Waals surface area contributed by atoms with Gasteiger partial charge in [0.2, 0.25) is 0 Å². The normalized spacial score (nSPS) is 15.1. The molecule has 1 saturated carbocycles. The fourth-order valence-electron chi connectivity index (χ4n) is 4.60. The van der Waals surface area contributed by atoms with Crippen LogP contribution in [0.2, 0.25) is 5.02 Å². The number of anilines is 2. The summed E-state index contributed by atoms with van der Waals surface area (Å²) in [5.74, 6) is -0.791. The Labute approximate surface area is 205 Å². The molecule has 2 aromatic heterocycles. The van der Waals surface area contributed by atoms with Crippen LogP contribution in [0.25, 0.3) is 11.0 Å². The van der Waals surface area contributed by atoms with Crippen LogP contribution in [0, 0.1) is 6.92 Å². The van der Waals surface area contributed by atoms with Gasteiger partial charge in [0, 0.05) is 24.3 Å². The summed E-state index contributed by atoms with van der Waals surface area (Å²) in [4.78, 5) is 44.8. The molecule has 0 spiro atoms. The van der Waals surface area contributed by atoms with E-state index in [0.717, 1.165) is 29.1 Å². The average molecular weight is 486 g/mol. The van der Waals surface area contributed by atoms with Crippen molar-refractivity contribution in [1.82, 2.24) is 14.8 Å². The number of halogens is 1. The van der Waals surface area contributed by atoms with Crippen LogP contribution in [-0.2, 0) is 7.05 Å². The van der Waals surface area contributed by atoms with Gasteiger partial charge in [-0.2, -0.15) is 5.10 Å². The van der Waals surface area contributed by atoms with Crippen LogP contribution < -0.4 is 10.2 Å². The number of fused-ring (bicyclic) bond motifs is 2. The van der Waals surface area contributed by atoms with Gasteiger partial charge in [-0.15, -0.1) is 0 Å². The maximum absolute atomic E-state index is 13.4. The number of pyridine rings is 1. The van der Waals surface area contributed by atoms with Crippen LogP contribution in [0.15, 0.2) is 48.5 Å². The molecule has 9 heteroatoms. The highest BCUT2D eigenvalue weighted by Gasteiger charge is 2.37. The molecule has 0 radical (unpaired) electrons. The van der Waals surface area contributed by atoms with Gasteiger partial charge in [-0.25, -0.2) is 9.88 Å². The van der Waals surface area contributed by atoms with Gasteiger partial charge in [-0.1, -0.05) is 23.7 Å². The number of nitrogens with zero attached hydrogens (tertiary/aromatic N) is 4. The Morgan fingerprint density at radius 3 is 2.37 bits per heavy atom. The minimum absolute atomic E-state index is 0.174. The molecule has 1 aliphatic carbocycles. The van der Waals surface area contributed by atoms with Crippen LogP contribution in [0.3, 0.4) is 0 Å². The van der Waals surface area contributed by atoms with E-state index < -0.39 is 11.8 Å². The lowest BCUT2D eigenvalue weighted by molar-refractivity contribution is 0.0924. The molecule has 0 unspecified atom stereocenters. The molecule has 0 saturated heterocycles. The highest BCUT2D eigenvalue weighted by Crippen LogP contribution is 2.41. The molecule has 1 aliphatic heterocycles. The molecule has 0 atom stereocenters. The molecule has 4 aromatic rings. The maximum atomic E-state index is 13.4. The minimum Gasteiger partial charge on any atom is -0.322 e. The molecule has 3 amide bonds. The summed E-state index contributed by atoms with van der Waals surface area (Å²) in [6.45, 7) is 1.85. The highest BCUT2D eigenvalue weighted by atomic mass is 35.5. The fraction of sp³-hybridized carbons (Fsp3) is 0.192. The van der Waals surface area contributed by atoms with E-state index in [4.69, 9.17) is 16.6 Å². The number of imide groups is 1. The zero-order valence-corrected chi connectivity index (χ0v) is 19.8. The molecule has 3 heterocycles. The third-order valence-corrected chi connectivity index (χ3v) is 6.77. The summed E-state index contributed by atoms with van der Waals surface area (Å²) in [5.41, 5.74) is 4.18. The Bertz CT molecular complexity index is 1550. The minimum atomic E-state index is -0.428. The third kappa shape index (κ3) is 3.40. The highest BCUT2D eigenvalue weighted by molar-refractivity contribution is 6.40. The van der Waals surface area contributed by atoms with Crippen LogP contribution >= 0.6 is 11.6 Å². The molecular formula is C26H20ClN5O3. The molecule has 1 N–H and O–H groups in total. The molecule has 6 rings (SSSR count). The Morgan fingerprint density at radius 2 is 1.74 bits per heavy atom. The number of amides is 3. The number of benzene rings is 2. The molecule has 174 valence electrons. The van der Waals surface area contributed by atoms with Crippen LogP contribution in [0.4, 0.5) is 11.4 Å². The maximum Gasteiger partial charge on any atom is 0.266 e. The van der Waals surface area contributed by atoms with E-state index in [0.29, 0.717) is 39.3 Å². The van der Waals surface area contributed by atoms with Crippen molar-refractivity contribution < 1.29 is 14.4 Å². The number of rotatable bonds is 4. The van der Waals surface area contributed by atoms with E-state index in [2.05, 4.69) is 10.4 Å². The van der Waals surface area contributed by atoms with Gasteiger partial charge in [0.15, 0.2) is 5.65 Å². The second-order valence-corrected chi connectivity index (χ2v) is 9.30. The largest absolute Gasteiger partial charge is 0.322 e. The lowest BCUT2D eigenvalue weighted by atomic mass is 10.1. The number of hydrogen-bond acceptors (Lipinski definition) is 5. The second kappa shape index (κ2) is 7.74. The van der Waals surface area contributed by atoms with Crippen molar-refractivity contribution in [3.8, 4) is 0 Å². The smallest absolute Gasteiger partial charge is 0.266 e. The lowest BCUT2D eigenvalue weighted by Crippen LogP contribution is -2.29. The first-order valence-electron chi connectivity index (χ1n) is 11.3. The van der Waals surface area contributed by atoms with Gasteiger partial charge in [0.05, 0.1) is 38.5 Å². The number of nitrogens with one attached hydrogen (secondary N) is 1. The van der Waals surface area contributed by atoms with Crippen molar-refractivity contribution in [1.29, 1.82) is 0 Å². The van der Waals surface area contributed by atoms with Crippen molar-refractivity contribution in [2.24, 2.45) is 7.05 Å². The SMILES string of the molecule is Cc1nn(C)c2nc(C3CC3)cc(C(=O)Nc3ccc(N4C(=O)c5ccccc5C4=O)c(Cl)c3)c12. The molecule has 1 fully saturated rings. The predicted molar refractivity (Wildman–Crippen MR) is 132 cm³/mol. The monoisotopic (exact) mass is 485 g/mol. The molecule has 2 aromatic carbocycles. The lowest BCUT2D eigenvalue weighted by Gasteiger charge is -2.17. The summed E-state index contributed by atoms with van der Waals surface area (Å²) in [6.07, 6.45) is 2.12. The first-order valence-corrected chi connectivity index (χ1v) is 11.6. The van der Waals surface area contributed by atoms with Crippen molar-refractivity contribution in [3.05, 3.63) is 81.6 Å². The first kappa shape index (κ1) is 21.5. The fourth-order valence-corrected chi connectivity index (χ4v) is 4.87. The van der Waals surface area contributed by atoms with Crippen LogP contribution in [0.5, 0.6) is 0 Å². The molecule has 2 aliphatic rings. The zero-order chi connectivity index (χ0) is 24.4. The topological polar surface area (TPSA) is 97.2 Å². The average Bonchev–Trinajstić information content (AvgIpc) is 3.61. The number of carbonyl (C=O) groups excluding carboxylic acids is 3. The zero-order valence-electron chi connectivity index (χ0n) is 19.0. The van der Waals surface area contributed by atoms with Crippen molar-refractivity contribution in [2.75, 3.05) is 10.2 Å². The first-order chi connectivity index (χ1) is 16.8. The van der Waals surface area contributed by atoms with E-state index in [1.807, 2.05) is 20.0 Å². The summed E-state index contributed by atoms with van der Waals surface area (Å²) in [7, 11) is 1.82. The molecule has 35 heavy (non-hydrogen) atoms. The van der Waals surface area contributed by atoms with Gasteiger partial charge in [0.1, 0.15) is 0 Å². The standard InChI is InChI=1S/C26H20ClN5O3/c1-13-22-18(12-20(14-7-8-14)29-23(22)31(2)30-13)24(33)28-15-9-10-21(19(27)11-15)32-25(34)16-5-3-4-6-17(16)26(32)35/h3-6,9-12,14H,7-8H2,1-2H3,(H,28,33). The van der Waals surface area contributed by atoms with Gasteiger partial charge in [-0.05, 0) is 56.2 Å². The Kier molecular flexibility index (Phi) is 4.76. The van der Waals surface area contributed by atoms with Crippen molar-refractivity contribution in [2.45, 2.75) is 25.7 Å². The van der Waals surface area contributed by atoms with E-state index in [-0.39, 0.29) is 16.6 Å². The van der Waals surface area contributed by atoms with E-state index >= 15 is 0 Å². The summed E-state index contributed by atoms with van der Waals surface area (Å²) in [6, 6.07) is 13.2. The van der Waals surface area contributed by atoms with Gasteiger partial charge >= 0.3 is 0 Å². The van der Waals surface area contributed by atoms with E-state index in [9.17, 15) is 14.4 Å². The molecule has 0 bridgehead atoms. The number of hydrogen-bond donors (Lipinski definition) is 1. The Hall–Kier alpha value is -4.04. The summed E-state index contributed by atoms with van der Waals surface area (Å²) in [5, 5.41) is 8.23. The predicted octanol–water partition coefficient (Wildman–Crippen LogP) is 4.86.